The van der Waals surface area contributed by atoms with Gasteiger partial charge < -0.3 is 14.2 Å². The number of ether oxygens (including phenoxy) is 3. The molecule has 6 nitrogen and oxygen atoms in total. The van der Waals surface area contributed by atoms with Gasteiger partial charge in [0.2, 0.25) is 0 Å². The van der Waals surface area contributed by atoms with E-state index >= 15 is 0 Å². The van der Waals surface area contributed by atoms with E-state index in [2.05, 4.69) is 0 Å². The van der Waals surface area contributed by atoms with Crippen molar-refractivity contribution in [1.29, 1.82) is 0 Å². The Morgan fingerprint density at radius 1 is 1.16 bits per heavy atom. The van der Waals surface area contributed by atoms with Crippen LogP contribution in [0.2, 0.25) is 0 Å². The monoisotopic (exact) mass is 357 g/mol. The maximum Gasteiger partial charge on any atom is 0.411 e. The van der Waals surface area contributed by atoms with Crippen LogP contribution in [0.3, 0.4) is 0 Å². The highest BCUT2D eigenvalue weighted by Gasteiger charge is 2.43. The van der Waals surface area contributed by atoms with Gasteiger partial charge in [-0.1, -0.05) is 0 Å². The molecule has 8 heteroatoms. The van der Waals surface area contributed by atoms with Crippen LogP contribution >= 0.6 is 0 Å². The first-order valence-electron chi connectivity index (χ1n) is 7.79. The molecule has 2 rings (SSSR count). The minimum atomic E-state index is -0.886. The second-order valence-electron chi connectivity index (χ2n) is 6.75. The first kappa shape index (κ1) is 19.0. The molecule has 1 aliphatic heterocycles. The molecule has 0 radical (unpaired) electrons. The SMILES string of the molecule is COC(=O)[C@@H]1C[C@H](Oc2cc(F)cc(F)c2)CN1C(=O)OC(C)(C)C. The third-order valence-corrected chi connectivity index (χ3v) is 3.50. The highest BCUT2D eigenvalue weighted by atomic mass is 19.1. The number of esters is 1. The van der Waals surface area contributed by atoms with Gasteiger partial charge >= 0.3 is 12.1 Å². The number of benzene rings is 1. The Kier molecular flexibility index (Phi) is 5.49. The lowest BCUT2D eigenvalue weighted by Crippen LogP contribution is -2.44. The van der Waals surface area contributed by atoms with Crippen LogP contribution < -0.4 is 4.74 Å². The Balaban J connectivity index is 2.14. The molecule has 1 heterocycles. The van der Waals surface area contributed by atoms with Gasteiger partial charge in [0.05, 0.1) is 13.7 Å². The lowest BCUT2D eigenvalue weighted by atomic mass is 10.2. The smallest absolute Gasteiger partial charge is 0.411 e. The number of carbonyl (C=O) groups is 2. The van der Waals surface area contributed by atoms with Crippen molar-refractivity contribution in [3.8, 4) is 5.75 Å². The summed E-state index contributed by atoms with van der Waals surface area (Å²) in [6, 6.07) is 1.91. The second-order valence-corrected chi connectivity index (χ2v) is 6.75. The number of likely N-dealkylation sites (tertiary alicyclic amines) is 1. The van der Waals surface area contributed by atoms with E-state index in [9.17, 15) is 18.4 Å². The van der Waals surface area contributed by atoms with E-state index in [1.54, 1.807) is 20.8 Å². The summed E-state index contributed by atoms with van der Waals surface area (Å²) in [6.45, 7) is 5.15. The third-order valence-electron chi connectivity index (χ3n) is 3.50. The molecule has 1 amide bonds. The molecule has 0 saturated carbocycles. The molecule has 1 saturated heterocycles. The minimum Gasteiger partial charge on any atom is -0.488 e. The van der Waals surface area contributed by atoms with Gasteiger partial charge in [-0.25, -0.2) is 18.4 Å². The summed E-state index contributed by atoms with van der Waals surface area (Å²) in [5, 5.41) is 0. The van der Waals surface area contributed by atoms with Crippen molar-refractivity contribution in [3.05, 3.63) is 29.8 Å². The summed E-state index contributed by atoms with van der Waals surface area (Å²) in [5.74, 6) is -2.18. The Labute approximate surface area is 144 Å². The van der Waals surface area contributed by atoms with Gasteiger partial charge in [-0.05, 0) is 20.8 Å². The maximum absolute atomic E-state index is 13.3. The zero-order valence-electron chi connectivity index (χ0n) is 14.5. The van der Waals surface area contributed by atoms with Crippen LogP contribution in [0.4, 0.5) is 13.6 Å². The van der Waals surface area contributed by atoms with Crippen LogP contribution in [0, 0.1) is 11.6 Å². The fourth-order valence-electron chi connectivity index (χ4n) is 2.55. The van der Waals surface area contributed by atoms with E-state index in [1.807, 2.05) is 0 Å². The second kappa shape index (κ2) is 7.25. The number of nitrogens with zero attached hydrogens (tertiary/aromatic N) is 1. The standard InChI is InChI=1S/C17H21F2NO5/c1-17(2,3)25-16(22)20-9-13(8-14(20)15(21)23-4)24-12-6-10(18)5-11(19)7-12/h5-7,13-14H,8-9H2,1-4H3/t13-,14-/m0/s1. The van der Waals surface area contributed by atoms with Crippen molar-refractivity contribution in [2.45, 2.75) is 44.9 Å². The molecule has 1 aromatic carbocycles. The average Bonchev–Trinajstić information content (AvgIpc) is 2.87. The van der Waals surface area contributed by atoms with Gasteiger partial charge in [0.15, 0.2) is 0 Å². The fraction of sp³-hybridized carbons (Fsp3) is 0.529. The minimum absolute atomic E-state index is 0.0165. The zero-order chi connectivity index (χ0) is 18.8. The van der Waals surface area contributed by atoms with Crippen LogP contribution in [0.25, 0.3) is 0 Å². The van der Waals surface area contributed by atoms with Crippen molar-refractivity contribution < 1.29 is 32.6 Å². The Morgan fingerprint density at radius 3 is 2.28 bits per heavy atom. The number of hydrogen-bond donors (Lipinski definition) is 0. The Bertz CT molecular complexity index is 639. The molecule has 2 atom stereocenters. The van der Waals surface area contributed by atoms with Crippen molar-refractivity contribution in [3.63, 3.8) is 0 Å². The molecular weight excluding hydrogens is 336 g/mol. The average molecular weight is 357 g/mol. The molecule has 0 N–H and O–H groups in total. The normalized spacial score (nSPS) is 20.3. The molecule has 0 spiro atoms. The van der Waals surface area contributed by atoms with Crippen LogP contribution in [0.5, 0.6) is 5.75 Å². The van der Waals surface area contributed by atoms with Crippen molar-refractivity contribution in [1.82, 2.24) is 4.90 Å². The lowest BCUT2D eigenvalue weighted by molar-refractivity contribution is -0.145. The van der Waals surface area contributed by atoms with Crippen LogP contribution in [-0.4, -0.2) is 48.4 Å². The van der Waals surface area contributed by atoms with E-state index in [1.165, 1.54) is 12.0 Å². The van der Waals surface area contributed by atoms with Gasteiger partial charge in [0, 0.05) is 24.6 Å². The third kappa shape index (κ3) is 5.04. The van der Waals surface area contributed by atoms with Gasteiger partial charge in [0.25, 0.3) is 0 Å². The molecule has 0 bridgehead atoms. The van der Waals surface area contributed by atoms with E-state index in [4.69, 9.17) is 14.2 Å². The quantitative estimate of drug-likeness (QED) is 0.779. The Hall–Kier alpha value is -2.38. The summed E-state index contributed by atoms with van der Waals surface area (Å²) >= 11 is 0. The molecule has 0 aliphatic carbocycles. The highest BCUT2D eigenvalue weighted by molar-refractivity contribution is 5.82. The summed E-state index contributed by atoms with van der Waals surface area (Å²) in [4.78, 5) is 25.5. The predicted molar refractivity (Wildman–Crippen MR) is 84.1 cm³/mol. The van der Waals surface area contributed by atoms with Crippen molar-refractivity contribution in [2.24, 2.45) is 0 Å². The topological polar surface area (TPSA) is 65.1 Å². The number of carbonyl (C=O) groups excluding carboxylic acids is 2. The summed E-state index contributed by atoms with van der Waals surface area (Å²) in [5.41, 5.74) is -0.734. The number of methoxy groups -OCH3 is 1. The summed E-state index contributed by atoms with van der Waals surface area (Å²) in [6.07, 6.45) is -1.18. The maximum atomic E-state index is 13.3. The van der Waals surface area contributed by atoms with Crippen molar-refractivity contribution in [2.75, 3.05) is 13.7 Å². The number of rotatable bonds is 3. The number of halogens is 2. The fourth-order valence-corrected chi connectivity index (χ4v) is 2.55. The van der Waals surface area contributed by atoms with Crippen molar-refractivity contribution >= 4 is 12.1 Å². The number of amides is 1. The summed E-state index contributed by atoms with van der Waals surface area (Å²) < 4.78 is 42.1. The van der Waals surface area contributed by atoms with E-state index in [0.29, 0.717) is 0 Å². The van der Waals surface area contributed by atoms with Gasteiger partial charge in [-0.15, -0.1) is 0 Å². The molecule has 1 fully saturated rings. The summed E-state index contributed by atoms with van der Waals surface area (Å²) in [7, 11) is 1.21. The van der Waals surface area contributed by atoms with Gasteiger partial charge in [-0.2, -0.15) is 0 Å². The molecule has 1 aromatic rings. The highest BCUT2D eigenvalue weighted by Crippen LogP contribution is 2.26. The molecule has 1 aliphatic rings. The molecule has 0 unspecified atom stereocenters. The Morgan fingerprint density at radius 2 is 1.76 bits per heavy atom. The molecule has 138 valence electrons. The lowest BCUT2D eigenvalue weighted by Gasteiger charge is -2.27. The van der Waals surface area contributed by atoms with E-state index in [-0.39, 0.29) is 18.7 Å². The molecule has 25 heavy (non-hydrogen) atoms. The predicted octanol–water partition coefficient (Wildman–Crippen LogP) is 2.89. The largest absolute Gasteiger partial charge is 0.488 e. The molecular formula is C17H21F2NO5. The van der Waals surface area contributed by atoms with E-state index in [0.717, 1.165) is 18.2 Å². The van der Waals surface area contributed by atoms with Gasteiger partial charge in [0.1, 0.15) is 35.1 Å². The van der Waals surface area contributed by atoms with Crippen LogP contribution in [-0.2, 0) is 14.3 Å². The van der Waals surface area contributed by atoms with Gasteiger partial charge in [-0.3, -0.25) is 4.90 Å². The first-order valence-corrected chi connectivity index (χ1v) is 7.79. The van der Waals surface area contributed by atoms with E-state index < -0.39 is 41.4 Å². The van der Waals surface area contributed by atoms with Crippen LogP contribution in [0.1, 0.15) is 27.2 Å². The zero-order valence-corrected chi connectivity index (χ0v) is 14.5. The first-order chi connectivity index (χ1) is 11.6. The van der Waals surface area contributed by atoms with Crippen LogP contribution in [0.15, 0.2) is 18.2 Å². The molecule has 0 aromatic heterocycles. The number of hydrogen-bond acceptors (Lipinski definition) is 5.